The predicted octanol–water partition coefficient (Wildman–Crippen LogP) is 3.98. The van der Waals surface area contributed by atoms with Crippen molar-refractivity contribution in [3.8, 4) is 11.8 Å². The number of methoxy groups -OCH3 is 1. The van der Waals surface area contributed by atoms with E-state index in [1.807, 2.05) is 25.2 Å². The van der Waals surface area contributed by atoms with Crippen molar-refractivity contribution in [2.24, 2.45) is 0 Å². The number of anilines is 1. The van der Waals surface area contributed by atoms with Crippen LogP contribution in [0.4, 0.5) is 5.69 Å². The Morgan fingerprint density at radius 3 is 2.59 bits per heavy atom. The molecule has 4 heteroatoms. The lowest BCUT2D eigenvalue weighted by Gasteiger charge is -2.29. The first-order valence-electron chi connectivity index (χ1n) is 7.75. The fourth-order valence-electron chi connectivity index (χ4n) is 2.84. The van der Waals surface area contributed by atoms with Crippen molar-refractivity contribution in [2.45, 2.75) is 31.8 Å². The van der Waals surface area contributed by atoms with Crippen molar-refractivity contribution < 1.29 is 9.47 Å². The summed E-state index contributed by atoms with van der Waals surface area (Å²) in [5.74, 6) is 1.83. The third-order valence-corrected chi connectivity index (χ3v) is 4.30. The molecule has 0 saturated heterocycles. The molecule has 0 radical (unpaired) electrons. The average molecular weight is 298 g/mol. The molecule has 1 N–H and O–H groups in total. The zero-order valence-electron chi connectivity index (χ0n) is 13.1. The molecule has 1 fully saturated rings. The van der Waals surface area contributed by atoms with Crippen LogP contribution in [0.15, 0.2) is 36.4 Å². The molecule has 2 aromatic rings. The number of nitrogens with one attached hydrogen (secondary N) is 1. The van der Waals surface area contributed by atoms with Gasteiger partial charge >= 0.3 is 0 Å². The van der Waals surface area contributed by atoms with Crippen LogP contribution >= 0.6 is 0 Å². The molecule has 4 nitrogen and oxygen atoms in total. The SMILES string of the molecule is CNc1cccc(C2CCC2)c1COc1cccc(OC)n1. The fraction of sp³-hybridized carbons (Fsp3) is 0.389. The summed E-state index contributed by atoms with van der Waals surface area (Å²) in [7, 11) is 3.56. The molecule has 0 bridgehead atoms. The van der Waals surface area contributed by atoms with Crippen LogP contribution in [0.5, 0.6) is 11.8 Å². The Bertz CT molecular complexity index is 639. The monoisotopic (exact) mass is 298 g/mol. The van der Waals surface area contributed by atoms with E-state index in [9.17, 15) is 0 Å². The second kappa shape index (κ2) is 6.69. The first kappa shape index (κ1) is 14.7. The second-order valence-electron chi connectivity index (χ2n) is 5.56. The van der Waals surface area contributed by atoms with Gasteiger partial charge in [0.15, 0.2) is 0 Å². The van der Waals surface area contributed by atoms with Crippen LogP contribution in [0.25, 0.3) is 0 Å². The standard InChI is InChI=1S/C18H22N2O2/c1-19-16-9-4-8-14(13-6-3-7-13)15(16)12-22-18-11-5-10-17(20-18)21-2/h4-5,8-11,13,19H,3,6-7,12H2,1-2H3. The lowest BCUT2D eigenvalue weighted by Crippen LogP contribution is -2.14. The topological polar surface area (TPSA) is 43.4 Å². The summed E-state index contributed by atoms with van der Waals surface area (Å²) in [6.45, 7) is 0.517. The smallest absolute Gasteiger partial charge is 0.216 e. The van der Waals surface area contributed by atoms with Gasteiger partial charge in [0.05, 0.1) is 7.11 Å². The zero-order chi connectivity index (χ0) is 15.4. The van der Waals surface area contributed by atoms with Crippen LogP contribution in [-0.4, -0.2) is 19.1 Å². The molecule has 22 heavy (non-hydrogen) atoms. The average Bonchev–Trinajstić information content (AvgIpc) is 2.52. The van der Waals surface area contributed by atoms with Crippen molar-refractivity contribution in [2.75, 3.05) is 19.5 Å². The largest absolute Gasteiger partial charge is 0.481 e. The van der Waals surface area contributed by atoms with E-state index in [0.717, 1.165) is 5.69 Å². The lowest BCUT2D eigenvalue weighted by atomic mass is 9.78. The quantitative estimate of drug-likeness (QED) is 0.876. The van der Waals surface area contributed by atoms with Crippen molar-refractivity contribution >= 4 is 5.69 Å². The second-order valence-corrected chi connectivity index (χ2v) is 5.56. The summed E-state index contributed by atoms with van der Waals surface area (Å²) in [5, 5.41) is 3.27. The molecule has 1 aromatic heterocycles. The molecule has 1 aliphatic carbocycles. The molecule has 0 spiro atoms. The summed E-state index contributed by atoms with van der Waals surface area (Å²) in [4.78, 5) is 4.31. The maximum Gasteiger partial charge on any atom is 0.216 e. The van der Waals surface area contributed by atoms with Gasteiger partial charge in [-0.2, -0.15) is 4.98 Å². The molecular weight excluding hydrogens is 276 g/mol. The normalized spacial score (nSPS) is 14.3. The first-order chi connectivity index (χ1) is 10.8. The van der Waals surface area contributed by atoms with E-state index in [0.29, 0.717) is 24.3 Å². The minimum Gasteiger partial charge on any atom is -0.481 e. The number of pyridine rings is 1. The van der Waals surface area contributed by atoms with Crippen LogP contribution in [0.3, 0.4) is 0 Å². The lowest BCUT2D eigenvalue weighted by molar-refractivity contribution is 0.283. The van der Waals surface area contributed by atoms with E-state index in [4.69, 9.17) is 9.47 Å². The van der Waals surface area contributed by atoms with Gasteiger partial charge < -0.3 is 14.8 Å². The molecule has 0 atom stereocenters. The van der Waals surface area contributed by atoms with Crippen LogP contribution in [0.2, 0.25) is 0 Å². The van der Waals surface area contributed by atoms with Crippen molar-refractivity contribution in [1.29, 1.82) is 0 Å². The maximum atomic E-state index is 5.91. The molecule has 1 aliphatic rings. The van der Waals surface area contributed by atoms with Gasteiger partial charge in [-0.25, -0.2) is 0 Å². The maximum absolute atomic E-state index is 5.91. The van der Waals surface area contributed by atoms with Gasteiger partial charge in [0.1, 0.15) is 6.61 Å². The summed E-state index contributed by atoms with van der Waals surface area (Å²) in [6, 6.07) is 12.0. The molecule has 116 valence electrons. The van der Waals surface area contributed by atoms with Gasteiger partial charge in [0.25, 0.3) is 0 Å². The number of ether oxygens (including phenoxy) is 2. The van der Waals surface area contributed by atoms with Crippen molar-refractivity contribution in [1.82, 2.24) is 4.98 Å². The minimum absolute atomic E-state index is 0.517. The number of rotatable bonds is 6. The van der Waals surface area contributed by atoms with Gasteiger partial charge in [0.2, 0.25) is 11.8 Å². The highest BCUT2D eigenvalue weighted by atomic mass is 16.5. The number of benzene rings is 1. The highest BCUT2D eigenvalue weighted by Gasteiger charge is 2.23. The summed E-state index contributed by atoms with van der Waals surface area (Å²) >= 11 is 0. The van der Waals surface area contributed by atoms with Gasteiger partial charge in [-0.3, -0.25) is 0 Å². The van der Waals surface area contributed by atoms with E-state index in [1.165, 1.54) is 30.4 Å². The van der Waals surface area contributed by atoms with Crippen LogP contribution < -0.4 is 14.8 Å². The number of nitrogens with zero attached hydrogens (tertiary/aromatic N) is 1. The Morgan fingerprint density at radius 1 is 1.14 bits per heavy atom. The Kier molecular flexibility index (Phi) is 4.47. The number of hydrogen-bond donors (Lipinski definition) is 1. The Hall–Kier alpha value is -2.23. The zero-order valence-corrected chi connectivity index (χ0v) is 13.1. The molecule has 1 saturated carbocycles. The first-order valence-corrected chi connectivity index (χ1v) is 7.75. The third-order valence-electron chi connectivity index (χ3n) is 4.30. The van der Waals surface area contributed by atoms with Crippen LogP contribution in [-0.2, 0) is 6.61 Å². The van der Waals surface area contributed by atoms with Gasteiger partial charge in [0, 0.05) is 30.4 Å². The molecule has 0 aliphatic heterocycles. The van der Waals surface area contributed by atoms with Crippen molar-refractivity contribution in [3.63, 3.8) is 0 Å². The Labute approximate surface area is 131 Å². The highest BCUT2D eigenvalue weighted by molar-refractivity contribution is 5.55. The third kappa shape index (κ3) is 3.01. The number of hydrogen-bond acceptors (Lipinski definition) is 4. The van der Waals surface area contributed by atoms with Crippen LogP contribution in [0.1, 0.15) is 36.3 Å². The van der Waals surface area contributed by atoms with E-state index in [1.54, 1.807) is 7.11 Å². The molecule has 1 aromatic carbocycles. The van der Waals surface area contributed by atoms with E-state index >= 15 is 0 Å². The molecule has 1 heterocycles. The number of aromatic nitrogens is 1. The van der Waals surface area contributed by atoms with E-state index in [2.05, 4.69) is 28.5 Å². The van der Waals surface area contributed by atoms with Gasteiger partial charge in [-0.1, -0.05) is 24.6 Å². The van der Waals surface area contributed by atoms with Gasteiger partial charge in [-0.15, -0.1) is 0 Å². The Morgan fingerprint density at radius 2 is 1.91 bits per heavy atom. The molecule has 0 amide bonds. The molecular formula is C18H22N2O2. The summed E-state index contributed by atoms with van der Waals surface area (Å²) < 4.78 is 11.0. The summed E-state index contributed by atoms with van der Waals surface area (Å²) in [5.41, 5.74) is 3.77. The van der Waals surface area contributed by atoms with Gasteiger partial charge in [-0.05, 0) is 30.4 Å². The fourth-order valence-corrected chi connectivity index (χ4v) is 2.84. The predicted molar refractivity (Wildman–Crippen MR) is 87.7 cm³/mol. The van der Waals surface area contributed by atoms with Crippen molar-refractivity contribution in [3.05, 3.63) is 47.5 Å². The minimum atomic E-state index is 0.517. The van der Waals surface area contributed by atoms with Crippen LogP contribution in [0, 0.1) is 0 Å². The highest BCUT2D eigenvalue weighted by Crippen LogP contribution is 2.40. The Balaban J connectivity index is 1.81. The molecule has 0 unspecified atom stereocenters. The van der Waals surface area contributed by atoms with E-state index in [-0.39, 0.29) is 0 Å². The summed E-state index contributed by atoms with van der Waals surface area (Å²) in [6.07, 6.45) is 3.88. The van der Waals surface area contributed by atoms with E-state index < -0.39 is 0 Å². The molecule has 3 rings (SSSR count).